The molecule has 3 aliphatic rings. The quantitative estimate of drug-likeness (QED) is 0.898. The molecule has 1 aliphatic carbocycles. The monoisotopic (exact) mass is 326 g/mol. The zero-order valence-electron chi connectivity index (χ0n) is 14.2. The van der Waals surface area contributed by atoms with Crippen molar-refractivity contribution in [2.45, 2.75) is 57.5 Å². The topological polar surface area (TPSA) is 47.6 Å². The fourth-order valence-electron chi connectivity index (χ4n) is 4.46. The van der Waals surface area contributed by atoms with Crippen LogP contribution in [0.2, 0.25) is 0 Å². The van der Waals surface area contributed by atoms with Crippen LogP contribution in [0.5, 0.6) is 0 Å². The third kappa shape index (κ3) is 2.62. The lowest BCUT2D eigenvalue weighted by Gasteiger charge is -2.49. The maximum Gasteiger partial charge on any atom is 0.336 e. The molecule has 4 unspecified atom stereocenters. The number of hydrogen-bond acceptors (Lipinski definition) is 3. The van der Waals surface area contributed by atoms with Crippen LogP contribution in [0, 0.1) is 5.92 Å². The maximum absolute atomic E-state index is 13.1. The molecule has 2 aliphatic heterocycles. The highest BCUT2D eigenvalue weighted by Gasteiger charge is 2.50. The standard InChI is InChI=1S/C19H26N4O/c1-3-14-8-10-15(11-9-14)12-22-17-7-5-4-6-16(17)18-20-13(2)21-23(18)19(22)24/h3,8-11,13,16-18,20-21H,1,4-7,12H2,2H3. The first kappa shape index (κ1) is 15.7. The van der Waals surface area contributed by atoms with Crippen LogP contribution in [0.1, 0.15) is 43.7 Å². The molecule has 5 nitrogen and oxygen atoms in total. The Hall–Kier alpha value is -1.85. The van der Waals surface area contributed by atoms with E-state index in [1.807, 2.05) is 11.1 Å². The van der Waals surface area contributed by atoms with E-state index < -0.39 is 0 Å². The second-order valence-electron chi connectivity index (χ2n) is 7.20. The Morgan fingerprint density at radius 1 is 1.25 bits per heavy atom. The smallest absolute Gasteiger partial charge is 0.316 e. The predicted octanol–water partition coefficient (Wildman–Crippen LogP) is 2.91. The summed E-state index contributed by atoms with van der Waals surface area (Å²) in [5.41, 5.74) is 5.58. The minimum Gasteiger partial charge on any atom is -0.316 e. The van der Waals surface area contributed by atoms with Crippen LogP contribution in [0.15, 0.2) is 30.8 Å². The maximum atomic E-state index is 13.1. The number of nitrogens with zero attached hydrogens (tertiary/aromatic N) is 2. The lowest BCUT2D eigenvalue weighted by atomic mass is 9.80. The molecule has 4 rings (SSSR count). The highest BCUT2D eigenvalue weighted by Crippen LogP contribution is 2.38. The van der Waals surface area contributed by atoms with Crippen molar-refractivity contribution in [2.24, 2.45) is 5.92 Å². The molecule has 0 spiro atoms. The van der Waals surface area contributed by atoms with Crippen LogP contribution in [0.25, 0.3) is 6.08 Å². The number of rotatable bonds is 3. The minimum atomic E-state index is 0.104. The lowest BCUT2D eigenvalue weighted by Crippen LogP contribution is -2.65. The largest absolute Gasteiger partial charge is 0.336 e. The van der Waals surface area contributed by atoms with Gasteiger partial charge in [0.05, 0.1) is 6.17 Å². The third-order valence-electron chi connectivity index (χ3n) is 5.64. The van der Waals surface area contributed by atoms with Crippen LogP contribution < -0.4 is 10.7 Å². The second-order valence-corrected chi connectivity index (χ2v) is 7.20. The molecule has 1 saturated carbocycles. The number of hydrogen-bond donors (Lipinski definition) is 2. The Kier molecular flexibility index (Phi) is 4.06. The summed E-state index contributed by atoms with van der Waals surface area (Å²) in [6.07, 6.45) is 6.91. The van der Waals surface area contributed by atoms with E-state index in [9.17, 15) is 4.79 Å². The first-order valence-electron chi connectivity index (χ1n) is 9.01. The summed E-state index contributed by atoms with van der Waals surface area (Å²) in [4.78, 5) is 15.1. The number of hydrazine groups is 1. The molecule has 1 aromatic carbocycles. The van der Waals surface area contributed by atoms with Crippen molar-refractivity contribution in [3.05, 3.63) is 42.0 Å². The van der Waals surface area contributed by atoms with Crippen LogP contribution in [0.4, 0.5) is 4.79 Å². The Morgan fingerprint density at radius 3 is 2.75 bits per heavy atom. The Balaban J connectivity index is 1.60. The van der Waals surface area contributed by atoms with Gasteiger partial charge in [0.25, 0.3) is 0 Å². The molecule has 24 heavy (non-hydrogen) atoms. The van der Waals surface area contributed by atoms with Crippen LogP contribution in [-0.4, -0.2) is 34.3 Å². The van der Waals surface area contributed by atoms with E-state index in [1.165, 1.54) is 24.8 Å². The van der Waals surface area contributed by atoms with E-state index in [2.05, 4.69) is 53.4 Å². The van der Waals surface area contributed by atoms with Gasteiger partial charge in [-0.3, -0.25) is 5.32 Å². The van der Waals surface area contributed by atoms with Gasteiger partial charge in [0.15, 0.2) is 0 Å². The Labute approximate surface area is 143 Å². The number of amides is 2. The van der Waals surface area contributed by atoms with Crippen molar-refractivity contribution >= 4 is 12.1 Å². The van der Waals surface area contributed by atoms with Crippen molar-refractivity contribution in [1.82, 2.24) is 20.7 Å². The first-order valence-corrected chi connectivity index (χ1v) is 9.01. The zero-order valence-corrected chi connectivity index (χ0v) is 14.2. The summed E-state index contributed by atoms with van der Waals surface area (Å²) >= 11 is 0. The van der Waals surface area contributed by atoms with Gasteiger partial charge in [-0.25, -0.2) is 15.2 Å². The summed E-state index contributed by atoms with van der Waals surface area (Å²) in [7, 11) is 0. The number of carbonyl (C=O) groups is 1. The highest BCUT2D eigenvalue weighted by molar-refractivity contribution is 5.76. The predicted molar refractivity (Wildman–Crippen MR) is 94.6 cm³/mol. The zero-order chi connectivity index (χ0) is 16.7. The molecule has 0 bridgehead atoms. The minimum absolute atomic E-state index is 0.104. The van der Waals surface area contributed by atoms with E-state index in [-0.39, 0.29) is 18.4 Å². The van der Waals surface area contributed by atoms with Crippen molar-refractivity contribution in [2.75, 3.05) is 0 Å². The van der Waals surface area contributed by atoms with Gasteiger partial charge in [-0.1, -0.05) is 49.8 Å². The van der Waals surface area contributed by atoms with Gasteiger partial charge in [0, 0.05) is 18.5 Å². The molecule has 5 heteroatoms. The molecule has 0 radical (unpaired) electrons. The van der Waals surface area contributed by atoms with Gasteiger partial charge >= 0.3 is 6.03 Å². The van der Waals surface area contributed by atoms with Gasteiger partial charge in [0.2, 0.25) is 0 Å². The molecule has 2 saturated heterocycles. The van der Waals surface area contributed by atoms with Gasteiger partial charge < -0.3 is 4.90 Å². The average molecular weight is 326 g/mol. The summed E-state index contributed by atoms with van der Waals surface area (Å²) in [6.45, 7) is 6.55. The number of urea groups is 1. The molecular weight excluding hydrogens is 300 g/mol. The Bertz CT molecular complexity index is 629. The van der Waals surface area contributed by atoms with Crippen molar-refractivity contribution < 1.29 is 4.79 Å². The summed E-state index contributed by atoms with van der Waals surface area (Å²) in [5.74, 6) is 0.501. The molecule has 4 atom stereocenters. The molecule has 1 aromatic rings. The molecular formula is C19H26N4O. The van der Waals surface area contributed by atoms with Crippen LogP contribution in [-0.2, 0) is 6.54 Å². The Morgan fingerprint density at radius 2 is 2.00 bits per heavy atom. The highest BCUT2D eigenvalue weighted by atomic mass is 16.2. The first-order chi connectivity index (χ1) is 11.7. The molecule has 2 heterocycles. The third-order valence-corrected chi connectivity index (χ3v) is 5.64. The van der Waals surface area contributed by atoms with Gasteiger partial charge in [-0.2, -0.15) is 0 Å². The van der Waals surface area contributed by atoms with E-state index in [1.54, 1.807) is 0 Å². The summed E-state index contributed by atoms with van der Waals surface area (Å²) < 4.78 is 0. The molecule has 2 amide bonds. The number of nitrogens with one attached hydrogen (secondary N) is 2. The fourth-order valence-corrected chi connectivity index (χ4v) is 4.46. The van der Waals surface area contributed by atoms with Gasteiger partial charge in [-0.15, -0.1) is 0 Å². The SMILES string of the molecule is C=Cc1ccc(CN2C(=O)N3NC(C)NC3C3CCCCC32)cc1. The van der Waals surface area contributed by atoms with Crippen molar-refractivity contribution in [1.29, 1.82) is 0 Å². The summed E-state index contributed by atoms with van der Waals surface area (Å²) in [5, 5.41) is 5.37. The van der Waals surface area contributed by atoms with E-state index in [4.69, 9.17) is 0 Å². The van der Waals surface area contributed by atoms with E-state index in [0.29, 0.717) is 18.5 Å². The van der Waals surface area contributed by atoms with E-state index in [0.717, 1.165) is 12.0 Å². The molecule has 0 aromatic heterocycles. The normalized spacial score (nSPS) is 32.5. The average Bonchev–Trinajstić information content (AvgIpc) is 3.01. The number of carbonyl (C=O) groups excluding carboxylic acids is 1. The van der Waals surface area contributed by atoms with Crippen molar-refractivity contribution in [3.8, 4) is 0 Å². The van der Waals surface area contributed by atoms with Crippen molar-refractivity contribution in [3.63, 3.8) is 0 Å². The number of fused-ring (bicyclic) bond motifs is 3. The molecule has 128 valence electrons. The molecule has 2 N–H and O–H groups in total. The lowest BCUT2D eigenvalue weighted by molar-refractivity contribution is -0.00374. The van der Waals surface area contributed by atoms with Gasteiger partial charge in [-0.05, 0) is 30.9 Å². The summed E-state index contributed by atoms with van der Waals surface area (Å²) in [6, 6.07) is 8.78. The number of benzene rings is 1. The van der Waals surface area contributed by atoms with Crippen LogP contribution in [0.3, 0.4) is 0 Å². The molecule has 3 fully saturated rings. The fraction of sp³-hybridized carbons (Fsp3) is 0.526. The van der Waals surface area contributed by atoms with E-state index >= 15 is 0 Å². The second kappa shape index (κ2) is 6.22. The van der Waals surface area contributed by atoms with Gasteiger partial charge in [0.1, 0.15) is 6.17 Å². The van der Waals surface area contributed by atoms with Crippen LogP contribution >= 0.6 is 0 Å².